The summed E-state index contributed by atoms with van der Waals surface area (Å²) in [5.41, 5.74) is 15.3. The predicted octanol–water partition coefficient (Wildman–Crippen LogP) is 5.62. The van der Waals surface area contributed by atoms with E-state index in [1.54, 1.807) is 11.3 Å². The van der Waals surface area contributed by atoms with E-state index in [-0.39, 0.29) is 5.92 Å². The van der Waals surface area contributed by atoms with Crippen LogP contribution in [0, 0.1) is 20.8 Å². The van der Waals surface area contributed by atoms with E-state index in [4.69, 9.17) is 15.2 Å². The first-order valence-corrected chi connectivity index (χ1v) is 11.3. The third-order valence-electron chi connectivity index (χ3n) is 5.68. The van der Waals surface area contributed by atoms with Crippen LogP contribution in [0.15, 0.2) is 58.6 Å². The molecule has 6 nitrogen and oxygen atoms in total. The van der Waals surface area contributed by atoms with Gasteiger partial charge in [-0.1, -0.05) is 35.5 Å². The van der Waals surface area contributed by atoms with Gasteiger partial charge in [0, 0.05) is 17.5 Å². The fourth-order valence-electron chi connectivity index (χ4n) is 4.25. The summed E-state index contributed by atoms with van der Waals surface area (Å²) in [6, 6.07) is 16.8. The summed E-state index contributed by atoms with van der Waals surface area (Å²) in [5, 5.41) is 4.12. The van der Waals surface area contributed by atoms with Crippen molar-refractivity contribution in [1.29, 1.82) is 0 Å². The van der Waals surface area contributed by atoms with E-state index >= 15 is 0 Å². The highest BCUT2D eigenvalue weighted by Gasteiger charge is 2.20. The van der Waals surface area contributed by atoms with Gasteiger partial charge in [-0.2, -0.15) is 0 Å². The number of benzene rings is 2. The van der Waals surface area contributed by atoms with Gasteiger partial charge in [-0.15, -0.1) is 11.3 Å². The van der Waals surface area contributed by atoms with Gasteiger partial charge in [0.15, 0.2) is 0 Å². The Hall–Kier alpha value is -3.58. The number of nitrogen functional groups attached to an aromatic ring is 1. The Morgan fingerprint density at radius 1 is 1.03 bits per heavy atom. The fraction of sp³-hybridized carbons (Fsp3) is 0.200. The van der Waals surface area contributed by atoms with Crippen molar-refractivity contribution in [3.05, 3.63) is 88.1 Å². The Morgan fingerprint density at radius 2 is 1.91 bits per heavy atom. The van der Waals surface area contributed by atoms with Crippen molar-refractivity contribution in [3.63, 3.8) is 0 Å². The van der Waals surface area contributed by atoms with Crippen molar-refractivity contribution in [1.82, 2.24) is 20.1 Å². The first-order valence-electron chi connectivity index (χ1n) is 10.4. The number of anilines is 1. The minimum atomic E-state index is 0.0183. The first kappa shape index (κ1) is 20.3. The lowest BCUT2D eigenvalue weighted by atomic mass is 9.87. The van der Waals surface area contributed by atoms with Crippen molar-refractivity contribution in [3.8, 4) is 11.1 Å². The maximum atomic E-state index is 6.10. The van der Waals surface area contributed by atoms with Gasteiger partial charge < -0.3 is 10.3 Å². The van der Waals surface area contributed by atoms with Gasteiger partial charge in [-0.25, -0.2) is 15.0 Å². The molecule has 3 aromatic heterocycles. The Balaban J connectivity index is 1.61. The molecule has 5 rings (SSSR count). The summed E-state index contributed by atoms with van der Waals surface area (Å²) < 4.78 is 6.59. The molecule has 0 aliphatic carbocycles. The Bertz CT molecular complexity index is 1380. The van der Waals surface area contributed by atoms with E-state index in [1.807, 2.05) is 32.3 Å². The number of aromatic nitrogens is 4. The van der Waals surface area contributed by atoms with Crippen LogP contribution in [0.4, 0.5) is 5.82 Å². The van der Waals surface area contributed by atoms with Gasteiger partial charge in [0.25, 0.3) is 0 Å². The summed E-state index contributed by atoms with van der Waals surface area (Å²) in [4.78, 5) is 13.4. The third kappa shape index (κ3) is 3.87. The summed E-state index contributed by atoms with van der Waals surface area (Å²) >= 11 is 1.65. The molecule has 0 spiro atoms. The van der Waals surface area contributed by atoms with Gasteiger partial charge >= 0.3 is 0 Å². The van der Waals surface area contributed by atoms with E-state index < -0.39 is 0 Å². The quantitative estimate of drug-likeness (QED) is 0.380. The van der Waals surface area contributed by atoms with E-state index in [2.05, 4.69) is 57.6 Å². The molecule has 0 saturated carbocycles. The number of nitrogens with zero attached hydrogens (tertiary/aromatic N) is 4. The third-order valence-corrected chi connectivity index (χ3v) is 6.47. The highest BCUT2D eigenvalue weighted by molar-refractivity contribution is 7.16. The number of fused-ring (bicyclic) bond motifs is 1. The molecule has 160 valence electrons. The van der Waals surface area contributed by atoms with Crippen LogP contribution in [0.3, 0.4) is 0 Å². The van der Waals surface area contributed by atoms with E-state index in [0.29, 0.717) is 11.6 Å². The van der Waals surface area contributed by atoms with Crippen molar-refractivity contribution in [2.75, 3.05) is 5.73 Å². The molecule has 0 amide bonds. The zero-order valence-corrected chi connectivity index (χ0v) is 19.0. The summed E-state index contributed by atoms with van der Waals surface area (Å²) in [6.07, 6.45) is 0.786. The minimum absolute atomic E-state index is 0.0183. The molecule has 1 atom stereocenters. The molecule has 1 unspecified atom stereocenters. The van der Waals surface area contributed by atoms with Crippen molar-refractivity contribution >= 4 is 27.4 Å². The van der Waals surface area contributed by atoms with Crippen LogP contribution in [0.5, 0.6) is 0 Å². The standard InChI is InChI=1S/C25H23N5OS/c1-14-25(15(2)31-30-14)19-6-4-5-18(11-19)20(22-12-24(26)29-16(3)28-22)9-17-7-8-21-23(10-17)32-13-27-21/h4-8,10-13,20H,9H2,1-3H3,(H2,26,28,29). The number of hydrogen-bond acceptors (Lipinski definition) is 7. The molecule has 7 heteroatoms. The summed E-state index contributed by atoms with van der Waals surface area (Å²) in [5.74, 6) is 1.99. The number of aryl methyl sites for hydroxylation is 3. The monoisotopic (exact) mass is 441 g/mol. The average molecular weight is 442 g/mol. The summed E-state index contributed by atoms with van der Waals surface area (Å²) in [7, 11) is 0. The molecule has 0 aliphatic rings. The average Bonchev–Trinajstić information content (AvgIpc) is 3.36. The molecule has 0 bridgehead atoms. The summed E-state index contributed by atoms with van der Waals surface area (Å²) in [6.45, 7) is 5.79. The zero-order valence-electron chi connectivity index (χ0n) is 18.2. The topological polar surface area (TPSA) is 90.7 Å². The second-order valence-electron chi connectivity index (χ2n) is 8.00. The van der Waals surface area contributed by atoms with Gasteiger partial charge in [0.05, 0.1) is 27.1 Å². The van der Waals surface area contributed by atoms with Crippen molar-refractivity contribution < 1.29 is 4.52 Å². The molecule has 0 radical (unpaired) electrons. The van der Waals surface area contributed by atoms with Crippen LogP contribution >= 0.6 is 11.3 Å². The van der Waals surface area contributed by atoms with Crippen LogP contribution in [0.2, 0.25) is 0 Å². The lowest BCUT2D eigenvalue weighted by Crippen LogP contribution is -2.10. The number of hydrogen-bond donors (Lipinski definition) is 1. The van der Waals surface area contributed by atoms with Gasteiger partial charge in [-0.3, -0.25) is 0 Å². The van der Waals surface area contributed by atoms with E-state index in [1.165, 1.54) is 10.3 Å². The van der Waals surface area contributed by atoms with Crippen LogP contribution in [0.1, 0.15) is 40.0 Å². The normalized spacial score (nSPS) is 12.3. The van der Waals surface area contributed by atoms with Gasteiger partial charge in [-0.05, 0) is 56.0 Å². The van der Waals surface area contributed by atoms with Gasteiger partial charge in [0.1, 0.15) is 17.4 Å². The first-order chi connectivity index (χ1) is 15.5. The lowest BCUT2D eigenvalue weighted by molar-refractivity contribution is 0.393. The van der Waals surface area contributed by atoms with Crippen LogP contribution < -0.4 is 5.73 Å². The highest BCUT2D eigenvalue weighted by atomic mass is 32.1. The smallest absolute Gasteiger partial charge is 0.141 e. The second kappa shape index (κ2) is 8.16. The molecular formula is C25H23N5OS. The van der Waals surface area contributed by atoms with Crippen LogP contribution in [-0.2, 0) is 6.42 Å². The Morgan fingerprint density at radius 3 is 2.69 bits per heavy atom. The lowest BCUT2D eigenvalue weighted by Gasteiger charge is -2.19. The molecule has 0 fully saturated rings. The molecule has 5 aromatic rings. The largest absolute Gasteiger partial charge is 0.384 e. The Kier molecular flexibility index (Phi) is 5.19. The predicted molar refractivity (Wildman–Crippen MR) is 128 cm³/mol. The van der Waals surface area contributed by atoms with Crippen molar-refractivity contribution in [2.24, 2.45) is 0 Å². The van der Waals surface area contributed by atoms with E-state index in [9.17, 15) is 0 Å². The SMILES string of the molecule is Cc1nc(N)cc(C(Cc2ccc3ncsc3c2)c2cccc(-c3c(C)noc3C)c2)n1. The maximum Gasteiger partial charge on any atom is 0.141 e. The molecule has 2 N–H and O–H groups in total. The molecule has 2 aromatic carbocycles. The molecule has 0 saturated heterocycles. The second-order valence-corrected chi connectivity index (χ2v) is 8.89. The zero-order chi connectivity index (χ0) is 22.2. The molecule has 32 heavy (non-hydrogen) atoms. The maximum absolute atomic E-state index is 6.10. The van der Waals surface area contributed by atoms with Gasteiger partial charge in [0.2, 0.25) is 0 Å². The fourth-order valence-corrected chi connectivity index (χ4v) is 5.00. The van der Waals surface area contributed by atoms with Crippen LogP contribution in [-0.4, -0.2) is 20.1 Å². The number of nitrogens with two attached hydrogens (primary N) is 1. The van der Waals surface area contributed by atoms with E-state index in [0.717, 1.165) is 45.8 Å². The van der Waals surface area contributed by atoms with Crippen LogP contribution in [0.25, 0.3) is 21.3 Å². The van der Waals surface area contributed by atoms with Crippen molar-refractivity contribution in [2.45, 2.75) is 33.1 Å². The highest BCUT2D eigenvalue weighted by Crippen LogP contribution is 2.34. The molecular weight excluding hydrogens is 418 g/mol. The molecule has 0 aliphatic heterocycles. The number of rotatable bonds is 5. The number of thiazole rings is 1. The molecule has 3 heterocycles. The Labute approximate surface area is 190 Å². The minimum Gasteiger partial charge on any atom is -0.384 e.